The van der Waals surface area contributed by atoms with Crippen molar-refractivity contribution in [2.24, 2.45) is 10.8 Å². The monoisotopic (exact) mass is 604 g/mol. The van der Waals surface area contributed by atoms with Crippen LogP contribution in [0.15, 0.2) is 30.3 Å². The van der Waals surface area contributed by atoms with Crippen molar-refractivity contribution >= 4 is 29.5 Å². The maximum absolute atomic E-state index is 13.7. The van der Waals surface area contributed by atoms with Crippen molar-refractivity contribution in [2.45, 2.75) is 66.2 Å². The standard InChI is InChI=1S/C35H40O9/c1-8-41-29(36)34(30(37)42-9-2)16-20(5)23-15-24-22-12-13-27(40-7)25-18-35(31(38)43-10-3,32(39)44-11-4)19-33(6,28(22)25)26(24)14-21(23)17-34/h12-16H,8-11,17-19H2,1-7H3. The van der Waals surface area contributed by atoms with Gasteiger partial charge in [-0.25, -0.2) is 0 Å². The lowest BCUT2D eigenvalue weighted by Crippen LogP contribution is -2.51. The maximum atomic E-state index is 13.7. The first kappa shape index (κ1) is 31.3. The minimum Gasteiger partial charge on any atom is -0.496 e. The molecule has 0 amide bonds. The van der Waals surface area contributed by atoms with E-state index in [1.165, 1.54) is 0 Å². The molecule has 0 heterocycles. The Morgan fingerprint density at radius 3 is 1.86 bits per heavy atom. The minimum atomic E-state index is -1.63. The molecule has 3 aliphatic carbocycles. The van der Waals surface area contributed by atoms with E-state index >= 15 is 0 Å². The molecule has 0 spiro atoms. The highest BCUT2D eigenvalue weighted by Crippen LogP contribution is 2.61. The molecule has 0 aromatic heterocycles. The van der Waals surface area contributed by atoms with Crippen LogP contribution in [0.1, 0.15) is 75.8 Å². The van der Waals surface area contributed by atoms with E-state index < -0.39 is 40.1 Å². The third-order valence-corrected chi connectivity index (χ3v) is 9.27. The molecule has 0 fully saturated rings. The number of methoxy groups -OCH3 is 1. The number of fused-ring (bicyclic) bond motifs is 4. The molecule has 1 unspecified atom stereocenters. The summed E-state index contributed by atoms with van der Waals surface area (Å²) in [4.78, 5) is 54.2. The van der Waals surface area contributed by atoms with Crippen LogP contribution in [0.3, 0.4) is 0 Å². The Morgan fingerprint density at radius 1 is 0.750 bits per heavy atom. The largest absolute Gasteiger partial charge is 0.496 e. The molecule has 0 radical (unpaired) electrons. The second-order valence-electron chi connectivity index (χ2n) is 11.8. The molecule has 0 bridgehead atoms. The first-order chi connectivity index (χ1) is 21.0. The maximum Gasteiger partial charge on any atom is 0.327 e. The first-order valence-corrected chi connectivity index (χ1v) is 15.2. The van der Waals surface area contributed by atoms with Crippen molar-refractivity contribution in [3.8, 4) is 16.9 Å². The summed E-state index contributed by atoms with van der Waals surface area (Å²) in [7, 11) is 1.57. The first-order valence-electron chi connectivity index (χ1n) is 15.2. The van der Waals surface area contributed by atoms with Crippen molar-refractivity contribution in [3.63, 3.8) is 0 Å². The highest BCUT2D eigenvalue weighted by Gasteiger charge is 2.60. The summed E-state index contributed by atoms with van der Waals surface area (Å²) in [5.74, 6) is -2.01. The minimum absolute atomic E-state index is 0.0497. The van der Waals surface area contributed by atoms with Crippen molar-refractivity contribution in [1.29, 1.82) is 0 Å². The predicted octanol–water partition coefficient (Wildman–Crippen LogP) is 5.11. The zero-order valence-electron chi connectivity index (χ0n) is 26.5. The number of hydrogen-bond acceptors (Lipinski definition) is 9. The second-order valence-corrected chi connectivity index (χ2v) is 11.8. The number of esters is 4. The lowest BCUT2D eigenvalue weighted by Gasteiger charge is -2.43. The number of carbonyl (C=O) groups excluding carboxylic acids is 4. The van der Waals surface area contributed by atoms with Gasteiger partial charge in [-0.3, -0.25) is 19.2 Å². The number of ether oxygens (including phenoxy) is 5. The molecule has 2 aromatic rings. The molecule has 9 nitrogen and oxygen atoms in total. The smallest absolute Gasteiger partial charge is 0.327 e. The highest BCUT2D eigenvalue weighted by atomic mass is 16.6. The zero-order chi connectivity index (χ0) is 32.0. The van der Waals surface area contributed by atoms with Crippen LogP contribution >= 0.6 is 0 Å². The summed E-state index contributed by atoms with van der Waals surface area (Å²) in [6.45, 7) is 11.2. The highest BCUT2D eigenvalue weighted by molar-refractivity contribution is 6.06. The van der Waals surface area contributed by atoms with E-state index in [4.69, 9.17) is 23.7 Å². The van der Waals surface area contributed by atoms with Crippen molar-refractivity contribution in [1.82, 2.24) is 0 Å². The van der Waals surface area contributed by atoms with Crippen molar-refractivity contribution < 1.29 is 42.9 Å². The Bertz CT molecular complexity index is 1550. The van der Waals surface area contributed by atoms with Crippen molar-refractivity contribution in [3.05, 3.63) is 58.2 Å². The second kappa shape index (κ2) is 11.4. The fraction of sp³-hybridized carbons (Fsp3) is 0.486. The van der Waals surface area contributed by atoms with Crippen LogP contribution in [-0.4, -0.2) is 57.4 Å². The van der Waals surface area contributed by atoms with Gasteiger partial charge in [0, 0.05) is 23.8 Å². The molecule has 234 valence electrons. The average molecular weight is 605 g/mol. The number of allylic oxidation sites excluding steroid dienone is 1. The van der Waals surface area contributed by atoms with Crippen LogP contribution in [-0.2, 0) is 56.4 Å². The molecule has 0 saturated heterocycles. The fourth-order valence-electron chi connectivity index (χ4n) is 7.55. The number of rotatable bonds is 9. The van der Waals surface area contributed by atoms with Gasteiger partial charge in [-0.1, -0.05) is 25.1 Å². The molecule has 44 heavy (non-hydrogen) atoms. The van der Waals surface area contributed by atoms with Crippen LogP contribution in [0, 0.1) is 10.8 Å². The van der Waals surface area contributed by atoms with Crippen LogP contribution in [0.5, 0.6) is 5.75 Å². The molecule has 5 rings (SSSR count). The fourth-order valence-corrected chi connectivity index (χ4v) is 7.55. The van der Waals surface area contributed by atoms with Gasteiger partial charge in [-0.15, -0.1) is 0 Å². The van der Waals surface area contributed by atoms with Gasteiger partial charge in [-0.2, -0.15) is 0 Å². The number of hydrogen-bond donors (Lipinski definition) is 0. The van der Waals surface area contributed by atoms with Crippen molar-refractivity contribution in [2.75, 3.05) is 33.5 Å². The van der Waals surface area contributed by atoms with Gasteiger partial charge in [-0.05, 0) is 92.1 Å². The van der Waals surface area contributed by atoms with E-state index in [0.29, 0.717) is 5.75 Å². The van der Waals surface area contributed by atoms with Gasteiger partial charge >= 0.3 is 23.9 Å². The predicted molar refractivity (Wildman–Crippen MR) is 162 cm³/mol. The summed E-state index contributed by atoms with van der Waals surface area (Å²) in [6, 6.07) is 7.97. The van der Waals surface area contributed by atoms with Gasteiger partial charge in [0.1, 0.15) is 5.75 Å². The van der Waals surface area contributed by atoms with Crippen LogP contribution in [0.4, 0.5) is 0 Å². The lowest BCUT2D eigenvalue weighted by molar-refractivity contribution is -0.174. The average Bonchev–Trinajstić information content (AvgIpc) is 3.24. The van der Waals surface area contributed by atoms with Gasteiger partial charge in [0.25, 0.3) is 0 Å². The topological polar surface area (TPSA) is 114 Å². The normalized spacial score (nSPS) is 19.8. The van der Waals surface area contributed by atoms with E-state index in [1.54, 1.807) is 40.9 Å². The summed E-state index contributed by atoms with van der Waals surface area (Å²) in [5.41, 5.74) is 2.94. The van der Waals surface area contributed by atoms with Crippen LogP contribution in [0.2, 0.25) is 0 Å². The molecule has 9 heteroatoms. The van der Waals surface area contributed by atoms with Crippen LogP contribution in [0.25, 0.3) is 16.7 Å². The Morgan fingerprint density at radius 2 is 1.32 bits per heavy atom. The quantitative estimate of drug-likeness (QED) is 0.219. The molecular weight excluding hydrogens is 564 g/mol. The SMILES string of the molecule is CCOC(=O)C1(C(=O)OCC)C=C(C)c2cc3c(cc2C1)C1(C)CC(C(=O)OCC)(C(=O)OCC)Cc2c(OC)ccc-3c21. The number of carbonyl (C=O) groups is 4. The van der Waals surface area contributed by atoms with Gasteiger partial charge < -0.3 is 23.7 Å². The summed E-state index contributed by atoms with van der Waals surface area (Å²) >= 11 is 0. The summed E-state index contributed by atoms with van der Waals surface area (Å²) in [6.07, 6.45) is 1.91. The van der Waals surface area contributed by atoms with E-state index in [1.807, 2.05) is 32.0 Å². The lowest BCUT2D eigenvalue weighted by atomic mass is 9.59. The third-order valence-electron chi connectivity index (χ3n) is 9.27. The van der Waals surface area contributed by atoms with Gasteiger partial charge in [0.2, 0.25) is 0 Å². The number of benzene rings is 2. The van der Waals surface area contributed by atoms with Gasteiger partial charge in [0.05, 0.1) is 33.5 Å². The Labute approximate surface area is 257 Å². The molecule has 2 aromatic carbocycles. The summed E-state index contributed by atoms with van der Waals surface area (Å²) in [5, 5.41) is 0. The van der Waals surface area contributed by atoms with Crippen LogP contribution < -0.4 is 4.74 Å². The molecule has 0 N–H and O–H groups in total. The van der Waals surface area contributed by atoms with E-state index in [2.05, 4.69) is 6.07 Å². The molecular formula is C35H40O9. The molecule has 0 aliphatic heterocycles. The molecule has 1 atom stereocenters. The van der Waals surface area contributed by atoms with Gasteiger partial charge in [0.15, 0.2) is 10.8 Å². The third kappa shape index (κ3) is 4.42. The summed E-state index contributed by atoms with van der Waals surface area (Å²) < 4.78 is 27.6. The Balaban J connectivity index is 1.75. The van der Waals surface area contributed by atoms with E-state index in [-0.39, 0.29) is 45.7 Å². The van der Waals surface area contributed by atoms with E-state index in [0.717, 1.165) is 44.5 Å². The molecule has 0 saturated carbocycles. The van der Waals surface area contributed by atoms with E-state index in [9.17, 15) is 19.2 Å². The molecule has 3 aliphatic rings. The zero-order valence-corrected chi connectivity index (χ0v) is 26.5. The Hall–Kier alpha value is -4.14. The Kier molecular flexibility index (Phi) is 8.12.